The topological polar surface area (TPSA) is 68.8 Å². The third kappa shape index (κ3) is 2.91. The van der Waals surface area contributed by atoms with Gasteiger partial charge < -0.3 is 9.47 Å². The van der Waals surface area contributed by atoms with Crippen molar-refractivity contribution in [3.63, 3.8) is 0 Å². The number of benzene rings is 1. The van der Waals surface area contributed by atoms with Crippen LogP contribution >= 0.6 is 11.8 Å². The Morgan fingerprint density at radius 1 is 1.22 bits per heavy atom. The van der Waals surface area contributed by atoms with Crippen molar-refractivity contribution < 1.29 is 9.18 Å². The molecule has 140 valence electrons. The van der Waals surface area contributed by atoms with Crippen molar-refractivity contribution in [2.75, 3.05) is 12.8 Å². The van der Waals surface area contributed by atoms with Gasteiger partial charge in [-0.25, -0.2) is 4.39 Å². The second-order valence-electron chi connectivity index (χ2n) is 6.42. The zero-order valence-electron chi connectivity index (χ0n) is 15.3. The third-order valence-corrected chi connectivity index (χ3v) is 5.58. The molecule has 0 fully saturated rings. The first-order valence-corrected chi connectivity index (χ1v) is 9.76. The lowest BCUT2D eigenvalue weighted by Crippen LogP contribution is -2.36. The Morgan fingerprint density at radius 2 is 2.00 bits per heavy atom. The van der Waals surface area contributed by atoms with E-state index in [9.17, 15) is 9.18 Å². The normalized spacial score (nSPS) is 13.7. The molecule has 9 heteroatoms. The summed E-state index contributed by atoms with van der Waals surface area (Å²) in [6.07, 6.45) is 2.60. The predicted octanol–water partition coefficient (Wildman–Crippen LogP) is 2.28. The molecule has 4 rings (SSSR count). The fourth-order valence-electron chi connectivity index (χ4n) is 3.45. The number of fused-ring (bicyclic) bond motifs is 1. The Morgan fingerprint density at radius 3 is 2.70 bits per heavy atom. The van der Waals surface area contributed by atoms with E-state index >= 15 is 0 Å². The van der Waals surface area contributed by atoms with Crippen molar-refractivity contribution in [1.82, 2.24) is 29.4 Å². The molecule has 3 aromatic rings. The molecule has 1 amide bonds. The van der Waals surface area contributed by atoms with Gasteiger partial charge in [0.25, 0.3) is 5.91 Å². The molecule has 2 aromatic heterocycles. The standard InChI is InChI=1S/C18H19FN6OS/c1-23-16(20-21-18(23)27-3)15-12-10-25(9-8-14(12)24(2)22-15)17(26)11-6-4-5-7-13(11)19/h4-7H,8-10H2,1-3H3. The number of hydrogen-bond donors (Lipinski definition) is 0. The Balaban J connectivity index is 1.71. The summed E-state index contributed by atoms with van der Waals surface area (Å²) >= 11 is 1.51. The number of nitrogens with zero attached hydrogens (tertiary/aromatic N) is 6. The number of hydrogen-bond acceptors (Lipinski definition) is 5. The molecule has 1 aromatic carbocycles. The van der Waals surface area contributed by atoms with Gasteiger partial charge in [-0.1, -0.05) is 23.9 Å². The summed E-state index contributed by atoms with van der Waals surface area (Å²) in [5.74, 6) is -0.148. The van der Waals surface area contributed by atoms with Gasteiger partial charge >= 0.3 is 0 Å². The molecular formula is C18H19FN6OS. The minimum absolute atomic E-state index is 0.0923. The molecule has 0 saturated carbocycles. The zero-order valence-corrected chi connectivity index (χ0v) is 16.1. The van der Waals surface area contributed by atoms with Crippen LogP contribution in [0.25, 0.3) is 11.5 Å². The van der Waals surface area contributed by atoms with E-state index in [0.29, 0.717) is 31.0 Å². The molecule has 0 radical (unpaired) electrons. The van der Waals surface area contributed by atoms with E-state index in [2.05, 4.69) is 15.3 Å². The van der Waals surface area contributed by atoms with Gasteiger partial charge in [0.15, 0.2) is 11.0 Å². The SMILES string of the molecule is CSc1nnc(-c2nn(C)c3c2CN(C(=O)c2ccccc2F)CC3)n1C. The van der Waals surface area contributed by atoms with Crippen LogP contribution in [0.3, 0.4) is 0 Å². The van der Waals surface area contributed by atoms with Crippen molar-refractivity contribution in [3.8, 4) is 11.5 Å². The van der Waals surface area contributed by atoms with Crippen LogP contribution in [0.4, 0.5) is 4.39 Å². The molecule has 3 heterocycles. The van der Waals surface area contributed by atoms with Crippen LogP contribution in [0.5, 0.6) is 0 Å². The van der Waals surface area contributed by atoms with Crippen molar-refractivity contribution in [3.05, 3.63) is 46.9 Å². The van der Waals surface area contributed by atoms with Crippen LogP contribution in [0.15, 0.2) is 29.4 Å². The quantitative estimate of drug-likeness (QED) is 0.646. The molecule has 1 aliphatic rings. The van der Waals surface area contributed by atoms with Crippen LogP contribution in [-0.4, -0.2) is 48.2 Å². The number of aryl methyl sites for hydroxylation is 1. The molecule has 0 aliphatic carbocycles. The van der Waals surface area contributed by atoms with Gasteiger partial charge in [0.05, 0.1) is 12.1 Å². The highest BCUT2D eigenvalue weighted by molar-refractivity contribution is 7.98. The van der Waals surface area contributed by atoms with Gasteiger partial charge in [-0.3, -0.25) is 9.48 Å². The van der Waals surface area contributed by atoms with E-state index in [0.717, 1.165) is 16.4 Å². The highest BCUT2D eigenvalue weighted by Gasteiger charge is 2.30. The first-order valence-electron chi connectivity index (χ1n) is 8.53. The monoisotopic (exact) mass is 386 g/mol. The number of rotatable bonds is 3. The highest BCUT2D eigenvalue weighted by Crippen LogP contribution is 2.30. The number of amides is 1. The van der Waals surface area contributed by atoms with Gasteiger partial charge in [-0.15, -0.1) is 10.2 Å². The number of thioether (sulfide) groups is 1. The van der Waals surface area contributed by atoms with Crippen molar-refractivity contribution in [1.29, 1.82) is 0 Å². The van der Waals surface area contributed by atoms with Crippen molar-refractivity contribution in [2.24, 2.45) is 14.1 Å². The fraction of sp³-hybridized carbons (Fsp3) is 0.333. The maximum Gasteiger partial charge on any atom is 0.257 e. The molecule has 0 bridgehead atoms. The molecule has 0 saturated heterocycles. The fourth-order valence-corrected chi connectivity index (χ4v) is 3.93. The smallest absolute Gasteiger partial charge is 0.257 e. The van der Waals surface area contributed by atoms with Gasteiger partial charge in [-0.2, -0.15) is 5.10 Å². The van der Waals surface area contributed by atoms with E-state index in [1.54, 1.807) is 17.0 Å². The Bertz CT molecular complexity index is 1030. The summed E-state index contributed by atoms with van der Waals surface area (Å²) in [5.41, 5.74) is 2.82. The predicted molar refractivity (Wildman–Crippen MR) is 99.8 cm³/mol. The summed E-state index contributed by atoms with van der Waals surface area (Å²) < 4.78 is 17.8. The van der Waals surface area contributed by atoms with Gasteiger partial charge in [0, 0.05) is 38.3 Å². The van der Waals surface area contributed by atoms with E-state index in [1.165, 1.54) is 23.9 Å². The highest BCUT2D eigenvalue weighted by atomic mass is 32.2. The number of aromatic nitrogens is 5. The minimum Gasteiger partial charge on any atom is -0.334 e. The minimum atomic E-state index is -0.502. The largest absolute Gasteiger partial charge is 0.334 e. The van der Waals surface area contributed by atoms with Crippen LogP contribution in [0, 0.1) is 5.82 Å². The van der Waals surface area contributed by atoms with Crippen LogP contribution < -0.4 is 0 Å². The maximum atomic E-state index is 14.0. The van der Waals surface area contributed by atoms with Crippen LogP contribution in [0.2, 0.25) is 0 Å². The van der Waals surface area contributed by atoms with Gasteiger partial charge in [0.1, 0.15) is 11.5 Å². The zero-order chi connectivity index (χ0) is 19.1. The lowest BCUT2D eigenvalue weighted by Gasteiger charge is -2.27. The number of halogens is 1. The summed E-state index contributed by atoms with van der Waals surface area (Å²) in [5, 5.41) is 13.9. The van der Waals surface area contributed by atoms with Crippen LogP contribution in [0.1, 0.15) is 21.6 Å². The lowest BCUT2D eigenvalue weighted by atomic mass is 10.0. The summed E-state index contributed by atoms with van der Waals surface area (Å²) in [6.45, 7) is 0.890. The number of carbonyl (C=O) groups excluding carboxylic acids is 1. The molecule has 7 nitrogen and oxygen atoms in total. The molecule has 0 spiro atoms. The van der Waals surface area contributed by atoms with E-state index in [1.807, 2.05) is 29.6 Å². The van der Waals surface area contributed by atoms with Crippen molar-refractivity contribution >= 4 is 17.7 Å². The molecule has 0 unspecified atom stereocenters. The van der Waals surface area contributed by atoms with Gasteiger partial charge in [0.2, 0.25) is 0 Å². The molecule has 0 atom stereocenters. The Kier molecular flexibility index (Phi) is 4.47. The first-order chi connectivity index (χ1) is 13.0. The lowest BCUT2D eigenvalue weighted by molar-refractivity contribution is 0.0729. The summed E-state index contributed by atoms with van der Waals surface area (Å²) in [7, 11) is 3.79. The van der Waals surface area contributed by atoms with E-state index in [4.69, 9.17) is 0 Å². The van der Waals surface area contributed by atoms with E-state index < -0.39 is 5.82 Å². The second-order valence-corrected chi connectivity index (χ2v) is 7.20. The summed E-state index contributed by atoms with van der Waals surface area (Å²) in [4.78, 5) is 14.5. The average molecular weight is 386 g/mol. The molecular weight excluding hydrogens is 367 g/mol. The maximum absolute atomic E-state index is 14.0. The van der Waals surface area contributed by atoms with E-state index in [-0.39, 0.29) is 11.5 Å². The first kappa shape index (κ1) is 17.7. The van der Waals surface area contributed by atoms with Gasteiger partial charge in [-0.05, 0) is 18.4 Å². The van der Waals surface area contributed by atoms with Crippen LogP contribution in [-0.2, 0) is 27.1 Å². The molecule has 0 N–H and O–H groups in total. The second kappa shape index (κ2) is 6.80. The average Bonchev–Trinajstić information content (AvgIpc) is 3.20. The number of carbonyl (C=O) groups is 1. The Hall–Kier alpha value is -2.68. The van der Waals surface area contributed by atoms with Crippen molar-refractivity contribution in [2.45, 2.75) is 18.1 Å². The third-order valence-electron chi connectivity index (χ3n) is 4.86. The summed E-state index contributed by atoms with van der Waals surface area (Å²) in [6, 6.07) is 6.08. The molecule has 1 aliphatic heterocycles. The Labute approximate surface area is 160 Å². The molecule has 27 heavy (non-hydrogen) atoms.